The number of hydrogen-bond acceptors (Lipinski definition) is 4. The van der Waals surface area contributed by atoms with Gasteiger partial charge in [-0.3, -0.25) is 4.79 Å². The Bertz CT molecular complexity index is 436. The first kappa shape index (κ1) is 17.5. The van der Waals surface area contributed by atoms with Gasteiger partial charge in [-0.05, 0) is 19.4 Å². The molecular weight excluding hydrogens is 268 g/mol. The van der Waals surface area contributed by atoms with Gasteiger partial charge >= 0.3 is 0 Å². The first-order valence-corrected chi connectivity index (χ1v) is 7.36. The Balaban J connectivity index is 2.52. The molecule has 0 aliphatic rings. The van der Waals surface area contributed by atoms with E-state index in [0.717, 1.165) is 30.0 Å². The van der Waals surface area contributed by atoms with Gasteiger partial charge in [0.05, 0.1) is 19.6 Å². The van der Waals surface area contributed by atoms with Crippen LogP contribution in [0.2, 0.25) is 0 Å². The molecule has 5 heteroatoms. The Hall–Kier alpha value is -1.59. The maximum Gasteiger partial charge on any atom is 0.223 e. The monoisotopic (exact) mass is 294 g/mol. The third-order valence-electron chi connectivity index (χ3n) is 3.04. The number of aryl methyl sites for hydroxylation is 1. The third-order valence-corrected chi connectivity index (χ3v) is 3.04. The summed E-state index contributed by atoms with van der Waals surface area (Å²) in [5.74, 6) is 0.887. The highest BCUT2D eigenvalue weighted by molar-refractivity contribution is 5.75. The predicted molar refractivity (Wildman–Crippen MR) is 83.6 cm³/mol. The SMILES string of the molecule is CCNC(=O)CCOc1c(C)cccc1CNCCOC. The van der Waals surface area contributed by atoms with E-state index in [1.807, 2.05) is 32.0 Å². The van der Waals surface area contributed by atoms with E-state index in [1.165, 1.54) is 0 Å². The zero-order valence-corrected chi connectivity index (χ0v) is 13.2. The lowest BCUT2D eigenvalue weighted by Crippen LogP contribution is -2.24. The number of nitrogens with one attached hydrogen (secondary N) is 2. The number of amides is 1. The molecule has 0 aliphatic carbocycles. The summed E-state index contributed by atoms with van der Waals surface area (Å²) in [5.41, 5.74) is 2.18. The second kappa shape index (κ2) is 10.2. The van der Waals surface area contributed by atoms with Crippen LogP contribution in [0.3, 0.4) is 0 Å². The highest BCUT2D eigenvalue weighted by atomic mass is 16.5. The first-order valence-electron chi connectivity index (χ1n) is 7.36. The van der Waals surface area contributed by atoms with Crippen molar-refractivity contribution in [2.75, 3.05) is 33.4 Å². The van der Waals surface area contributed by atoms with E-state index in [4.69, 9.17) is 9.47 Å². The first-order chi connectivity index (χ1) is 10.2. The number of carbonyl (C=O) groups is 1. The van der Waals surface area contributed by atoms with E-state index < -0.39 is 0 Å². The summed E-state index contributed by atoms with van der Waals surface area (Å²) in [5, 5.41) is 6.07. The molecule has 1 amide bonds. The lowest BCUT2D eigenvalue weighted by molar-refractivity contribution is -0.121. The zero-order chi connectivity index (χ0) is 15.5. The fraction of sp³-hybridized carbons (Fsp3) is 0.562. The van der Waals surface area contributed by atoms with E-state index in [0.29, 0.717) is 26.2 Å². The molecule has 0 bridgehead atoms. The van der Waals surface area contributed by atoms with Crippen LogP contribution >= 0.6 is 0 Å². The summed E-state index contributed by atoms with van der Waals surface area (Å²) in [6.45, 7) is 7.16. The molecule has 1 rings (SSSR count). The van der Waals surface area contributed by atoms with Crippen LogP contribution in [0.4, 0.5) is 0 Å². The Morgan fingerprint density at radius 3 is 2.81 bits per heavy atom. The Kier molecular flexibility index (Phi) is 8.47. The topological polar surface area (TPSA) is 59.6 Å². The van der Waals surface area contributed by atoms with Crippen molar-refractivity contribution in [1.29, 1.82) is 0 Å². The smallest absolute Gasteiger partial charge is 0.223 e. The molecule has 0 atom stereocenters. The Morgan fingerprint density at radius 1 is 1.29 bits per heavy atom. The summed E-state index contributed by atoms with van der Waals surface area (Å²) >= 11 is 0. The van der Waals surface area contributed by atoms with Crippen molar-refractivity contribution in [2.24, 2.45) is 0 Å². The van der Waals surface area contributed by atoms with Gasteiger partial charge in [-0.2, -0.15) is 0 Å². The number of carbonyl (C=O) groups excluding carboxylic acids is 1. The third kappa shape index (κ3) is 6.60. The van der Waals surface area contributed by atoms with Gasteiger partial charge in [0.25, 0.3) is 0 Å². The highest BCUT2D eigenvalue weighted by Gasteiger charge is 2.08. The number of para-hydroxylation sites is 1. The zero-order valence-electron chi connectivity index (χ0n) is 13.2. The van der Waals surface area contributed by atoms with Gasteiger partial charge in [-0.15, -0.1) is 0 Å². The minimum absolute atomic E-state index is 0.0193. The van der Waals surface area contributed by atoms with Crippen LogP contribution in [-0.2, 0) is 16.1 Å². The van der Waals surface area contributed by atoms with Crippen LogP contribution < -0.4 is 15.4 Å². The van der Waals surface area contributed by atoms with Crippen molar-refractivity contribution < 1.29 is 14.3 Å². The molecule has 0 aromatic heterocycles. The minimum atomic E-state index is 0.0193. The summed E-state index contributed by atoms with van der Waals surface area (Å²) in [6, 6.07) is 6.06. The summed E-state index contributed by atoms with van der Waals surface area (Å²) in [4.78, 5) is 11.4. The maximum atomic E-state index is 11.4. The molecule has 0 saturated carbocycles. The molecule has 0 unspecified atom stereocenters. The van der Waals surface area contributed by atoms with Crippen LogP contribution in [0.1, 0.15) is 24.5 Å². The molecule has 21 heavy (non-hydrogen) atoms. The fourth-order valence-electron chi connectivity index (χ4n) is 1.99. The molecule has 0 saturated heterocycles. The molecule has 0 radical (unpaired) electrons. The van der Waals surface area contributed by atoms with Gasteiger partial charge in [0.1, 0.15) is 5.75 Å². The molecule has 1 aromatic carbocycles. The van der Waals surface area contributed by atoms with Gasteiger partial charge in [0.2, 0.25) is 5.91 Å². The van der Waals surface area contributed by atoms with Crippen molar-refractivity contribution in [2.45, 2.75) is 26.8 Å². The number of methoxy groups -OCH3 is 1. The van der Waals surface area contributed by atoms with E-state index in [1.54, 1.807) is 7.11 Å². The second-order valence-electron chi connectivity index (χ2n) is 4.78. The largest absolute Gasteiger partial charge is 0.492 e. The van der Waals surface area contributed by atoms with Crippen LogP contribution in [0.25, 0.3) is 0 Å². The van der Waals surface area contributed by atoms with Crippen molar-refractivity contribution in [3.05, 3.63) is 29.3 Å². The van der Waals surface area contributed by atoms with Gasteiger partial charge in [0.15, 0.2) is 0 Å². The second-order valence-corrected chi connectivity index (χ2v) is 4.78. The normalized spacial score (nSPS) is 10.4. The van der Waals surface area contributed by atoms with Gasteiger partial charge < -0.3 is 20.1 Å². The van der Waals surface area contributed by atoms with Crippen molar-refractivity contribution in [3.8, 4) is 5.75 Å². The number of rotatable bonds is 10. The lowest BCUT2D eigenvalue weighted by atomic mass is 10.1. The maximum absolute atomic E-state index is 11.4. The molecule has 0 fully saturated rings. The Morgan fingerprint density at radius 2 is 2.10 bits per heavy atom. The van der Waals surface area contributed by atoms with Crippen molar-refractivity contribution in [3.63, 3.8) is 0 Å². The molecule has 0 aliphatic heterocycles. The standard InChI is InChI=1S/C16H26N2O3/c1-4-18-15(19)8-10-21-16-13(2)6-5-7-14(16)12-17-9-11-20-3/h5-7,17H,4,8-12H2,1-3H3,(H,18,19). The molecule has 0 heterocycles. The number of ether oxygens (including phenoxy) is 2. The molecule has 118 valence electrons. The van der Waals surface area contributed by atoms with E-state index in [9.17, 15) is 4.79 Å². The summed E-state index contributed by atoms with van der Waals surface area (Å²) in [6.07, 6.45) is 0.374. The quantitative estimate of drug-likeness (QED) is 0.644. The van der Waals surface area contributed by atoms with Crippen LogP contribution in [-0.4, -0.2) is 39.3 Å². The predicted octanol–water partition coefficient (Wildman–Crippen LogP) is 1.64. The van der Waals surface area contributed by atoms with E-state index in [-0.39, 0.29) is 5.91 Å². The van der Waals surface area contributed by atoms with E-state index in [2.05, 4.69) is 10.6 Å². The van der Waals surface area contributed by atoms with Gasteiger partial charge in [-0.1, -0.05) is 18.2 Å². The van der Waals surface area contributed by atoms with Gasteiger partial charge in [0, 0.05) is 32.3 Å². The Labute approximate surface area is 127 Å². The van der Waals surface area contributed by atoms with Gasteiger partial charge in [-0.25, -0.2) is 0 Å². The van der Waals surface area contributed by atoms with Crippen molar-refractivity contribution >= 4 is 5.91 Å². The summed E-state index contributed by atoms with van der Waals surface area (Å²) < 4.78 is 10.8. The fourth-order valence-corrected chi connectivity index (χ4v) is 1.99. The molecular formula is C16H26N2O3. The molecule has 2 N–H and O–H groups in total. The number of benzene rings is 1. The van der Waals surface area contributed by atoms with Crippen LogP contribution in [0, 0.1) is 6.92 Å². The van der Waals surface area contributed by atoms with E-state index >= 15 is 0 Å². The lowest BCUT2D eigenvalue weighted by Gasteiger charge is -2.14. The molecule has 5 nitrogen and oxygen atoms in total. The van der Waals surface area contributed by atoms with Crippen LogP contribution in [0.5, 0.6) is 5.75 Å². The summed E-state index contributed by atoms with van der Waals surface area (Å²) in [7, 11) is 1.68. The minimum Gasteiger partial charge on any atom is -0.492 e. The average molecular weight is 294 g/mol. The number of hydrogen-bond donors (Lipinski definition) is 2. The van der Waals surface area contributed by atoms with Crippen LogP contribution in [0.15, 0.2) is 18.2 Å². The molecule has 1 aromatic rings. The van der Waals surface area contributed by atoms with Crippen molar-refractivity contribution in [1.82, 2.24) is 10.6 Å². The highest BCUT2D eigenvalue weighted by Crippen LogP contribution is 2.23. The molecule has 0 spiro atoms. The average Bonchev–Trinajstić information content (AvgIpc) is 2.46.